The summed E-state index contributed by atoms with van der Waals surface area (Å²) >= 11 is 0. The van der Waals surface area contributed by atoms with Crippen LogP contribution in [0.25, 0.3) is 0 Å². The molecule has 0 bridgehead atoms. The zero-order valence-electron chi connectivity index (χ0n) is 15.7. The normalized spacial score (nSPS) is 23.3. The van der Waals surface area contributed by atoms with E-state index in [4.69, 9.17) is 5.11 Å². The molecule has 4 nitrogen and oxygen atoms in total. The molecule has 0 aromatic heterocycles. The second-order valence-electron chi connectivity index (χ2n) is 7.24. The molecule has 25 heavy (non-hydrogen) atoms. The fourth-order valence-corrected chi connectivity index (χ4v) is 3.11. The average Bonchev–Trinajstić information content (AvgIpc) is 2.89. The molecule has 0 aromatic rings. The summed E-state index contributed by atoms with van der Waals surface area (Å²) in [5.74, 6) is -0.799. The lowest BCUT2D eigenvalue weighted by Gasteiger charge is -2.21. The first kappa shape index (κ1) is 21.7. The van der Waals surface area contributed by atoms with Gasteiger partial charge in [-0.15, -0.1) is 0 Å². The van der Waals surface area contributed by atoms with Crippen molar-refractivity contribution >= 4 is 5.97 Å². The summed E-state index contributed by atoms with van der Waals surface area (Å²) in [6.45, 7) is 3.97. The van der Waals surface area contributed by atoms with Crippen molar-refractivity contribution in [2.24, 2.45) is 5.92 Å². The first-order chi connectivity index (χ1) is 11.9. The Balaban J connectivity index is 2.48. The van der Waals surface area contributed by atoms with Crippen molar-refractivity contribution in [3.05, 3.63) is 36.0 Å². The van der Waals surface area contributed by atoms with E-state index >= 15 is 0 Å². The molecule has 1 aliphatic rings. The molecule has 0 radical (unpaired) electrons. The predicted octanol–water partition coefficient (Wildman–Crippen LogP) is 4.38. The zero-order valence-corrected chi connectivity index (χ0v) is 15.7. The fraction of sp³-hybridized carbons (Fsp3) is 0.667. The Bertz CT molecular complexity index is 488. The summed E-state index contributed by atoms with van der Waals surface area (Å²) in [6.07, 6.45) is 16.5. The third-order valence-corrected chi connectivity index (χ3v) is 4.69. The molecule has 3 N–H and O–H groups in total. The van der Waals surface area contributed by atoms with Crippen LogP contribution in [0.1, 0.15) is 71.6 Å². The lowest BCUT2D eigenvalue weighted by Crippen LogP contribution is -2.22. The second-order valence-corrected chi connectivity index (χ2v) is 7.24. The maximum absolute atomic E-state index is 10.5. The van der Waals surface area contributed by atoms with Gasteiger partial charge in [0.25, 0.3) is 0 Å². The number of aliphatic hydroxyl groups excluding tert-OH is 1. The van der Waals surface area contributed by atoms with Gasteiger partial charge in [-0.25, -0.2) is 0 Å². The van der Waals surface area contributed by atoms with Crippen LogP contribution < -0.4 is 0 Å². The predicted molar refractivity (Wildman–Crippen MR) is 101 cm³/mol. The number of hydrogen-bond acceptors (Lipinski definition) is 3. The summed E-state index contributed by atoms with van der Waals surface area (Å²) in [5, 5.41) is 29.3. The van der Waals surface area contributed by atoms with Crippen LogP contribution in [0.3, 0.4) is 0 Å². The highest BCUT2D eigenvalue weighted by atomic mass is 16.4. The van der Waals surface area contributed by atoms with E-state index in [0.717, 1.165) is 38.5 Å². The van der Waals surface area contributed by atoms with Gasteiger partial charge in [0, 0.05) is 12.3 Å². The molecular formula is C21H34O4. The molecule has 1 rings (SSSR count). The van der Waals surface area contributed by atoms with Crippen LogP contribution >= 0.6 is 0 Å². The van der Waals surface area contributed by atoms with Crippen molar-refractivity contribution in [2.75, 3.05) is 0 Å². The van der Waals surface area contributed by atoms with Crippen molar-refractivity contribution < 1.29 is 20.1 Å². The van der Waals surface area contributed by atoms with Crippen molar-refractivity contribution in [3.63, 3.8) is 0 Å². The standard InChI is InChI=1S/C21H34O4/c1-3-4-9-15-21(2,25)16-14-18-17(12-13-19(18)22)10-7-5-6-8-11-20(23)24/h5,7,12,14,16,18-19,22,25H,3-4,6,8-11,13,15H2,1-2H3,(H,23,24)/t18-,19-,21?/m1/s1. The number of unbranched alkanes of at least 4 members (excludes halogenated alkanes) is 3. The Morgan fingerprint density at radius 2 is 2.08 bits per heavy atom. The van der Waals surface area contributed by atoms with Gasteiger partial charge in [-0.2, -0.15) is 0 Å². The van der Waals surface area contributed by atoms with Gasteiger partial charge >= 0.3 is 5.97 Å². The Morgan fingerprint density at radius 1 is 1.32 bits per heavy atom. The number of carboxylic acid groups (broad SMARTS) is 1. The molecule has 0 saturated carbocycles. The number of aliphatic hydroxyl groups is 2. The molecule has 0 aliphatic heterocycles. The minimum Gasteiger partial charge on any atom is -0.481 e. The van der Waals surface area contributed by atoms with Gasteiger partial charge in [-0.1, -0.05) is 62.1 Å². The monoisotopic (exact) mass is 350 g/mol. The van der Waals surface area contributed by atoms with Gasteiger partial charge in [0.1, 0.15) is 0 Å². The molecule has 0 amide bonds. The van der Waals surface area contributed by atoms with Gasteiger partial charge in [-0.05, 0) is 39.0 Å². The van der Waals surface area contributed by atoms with Gasteiger partial charge in [0.15, 0.2) is 0 Å². The smallest absolute Gasteiger partial charge is 0.303 e. The summed E-state index contributed by atoms with van der Waals surface area (Å²) in [5.41, 5.74) is 0.345. The molecule has 0 fully saturated rings. The van der Waals surface area contributed by atoms with E-state index in [1.807, 2.05) is 31.2 Å². The molecule has 0 heterocycles. The van der Waals surface area contributed by atoms with E-state index in [1.165, 1.54) is 5.57 Å². The minimum absolute atomic E-state index is 0.0404. The number of hydrogen-bond donors (Lipinski definition) is 3. The van der Waals surface area contributed by atoms with Crippen LogP contribution in [-0.2, 0) is 4.79 Å². The maximum atomic E-state index is 10.5. The second kappa shape index (κ2) is 11.3. The van der Waals surface area contributed by atoms with Gasteiger partial charge < -0.3 is 15.3 Å². The van der Waals surface area contributed by atoms with E-state index in [2.05, 4.69) is 13.0 Å². The Labute approximate surface area is 152 Å². The highest BCUT2D eigenvalue weighted by Crippen LogP contribution is 2.31. The van der Waals surface area contributed by atoms with Crippen molar-refractivity contribution in [3.8, 4) is 0 Å². The highest BCUT2D eigenvalue weighted by molar-refractivity contribution is 5.66. The first-order valence-electron chi connectivity index (χ1n) is 9.51. The maximum Gasteiger partial charge on any atom is 0.303 e. The molecule has 0 aromatic carbocycles. The number of aliphatic carboxylic acids is 1. The van der Waals surface area contributed by atoms with Crippen LogP contribution in [0.15, 0.2) is 36.0 Å². The largest absolute Gasteiger partial charge is 0.481 e. The third kappa shape index (κ3) is 9.03. The molecule has 3 atom stereocenters. The van der Waals surface area contributed by atoms with Crippen molar-refractivity contribution in [1.82, 2.24) is 0 Å². The van der Waals surface area contributed by atoms with Crippen LogP contribution in [-0.4, -0.2) is 33.0 Å². The SMILES string of the molecule is CCCCCC(C)(O)C=C[C@@H]1C(CC=CCCCC(=O)O)=CC[C@H]1O. The summed E-state index contributed by atoms with van der Waals surface area (Å²) < 4.78 is 0. The minimum atomic E-state index is -0.824. The zero-order chi connectivity index (χ0) is 18.7. The lowest BCUT2D eigenvalue weighted by molar-refractivity contribution is -0.137. The van der Waals surface area contributed by atoms with Gasteiger partial charge in [0.2, 0.25) is 0 Å². The molecule has 142 valence electrons. The van der Waals surface area contributed by atoms with E-state index in [9.17, 15) is 15.0 Å². The van der Waals surface area contributed by atoms with Crippen molar-refractivity contribution in [1.29, 1.82) is 0 Å². The topological polar surface area (TPSA) is 77.8 Å². The van der Waals surface area contributed by atoms with Gasteiger partial charge in [0.05, 0.1) is 11.7 Å². The number of carboxylic acids is 1. The van der Waals surface area contributed by atoms with E-state index in [1.54, 1.807) is 0 Å². The van der Waals surface area contributed by atoms with Crippen LogP contribution in [0, 0.1) is 5.92 Å². The Kier molecular flexibility index (Phi) is 9.76. The summed E-state index contributed by atoms with van der Waals surface area (Å²) in [6, 6.07) is 0. The number of carbonyl (C=O) groups is 1. The van der Waals surface area contributed by atoms with E-state index < -0.39 is 17.7 Å². The van der Waals surface area contributed by atoms with Gasteiger partial charge in [-0.3, -0.25) is 4.79 Å². The highest BCUT2D eigenvalue weighted by Gasteiger charge is 2.26. The summed E-state index contributed by atoms with van der Waals surface area (Å²) in [7, 11) is 0. The average molecular weight is 350 g/mol. The third-order valence-electron chi connectivity index (χ3n) is 4.69. The number of rotatable bonds is 12. The Morgan fingerprint density at radius 3 is 2.76 bits per heavy atom. The molecular weight excluding hydrogens is 316 g/mol. The quantitative estimate of drug-likeness (QED) is 0.360. The molecule has 4 heteroatoms. The van der Waals surface area contributed by atoms with Crippen molar-refractivity contribution in [2.45, 2.75) is 83.3 Å². The van der Waals surface area contributed by atoms with E-state index in [0.29, 0.717) is 12.8 Å². The molecule has 0 spiro atoms. The Hall–Kier alpha value is -1.39. The molecule has 0 saturated heterocycles. The van der Waals surface area contributed by atoms with Crippen LogP contribution in [0.5, 0.6) is 0 Å². The molecule has 1 aliphatic carbocycles. The summed E-state index contributed by atoms with van der Waals surface area (Å²) in [4.78, 5) is 10.5. The number of allylic oxidation sites excluding steroid dienone is 2. The van der Waals surface area contributed by atoms with Crippen LogP contribution in [0.4, 0.5) is 0 Å². The van der Waals surface area contributed by atoms with Crippen LogP contribution in [0.2, 0.25) is 0 Å². The first-order valence-corrected chi connectivity index (χ1v) is 9.51. The lowest BCUT2D eigenvalue weighted by atomic mass is 9.91. The molecule has 1 unspecified atom stereocenters. The fourth-order valence-electron chi connectivity index (χ4n) is 3.11. The van der Waals surface area contributed by atoms with E-state index in [-0.39, 0.29) is 12.3 Å².